The third-order valence-corrected chi connectivity index (χ3v) is 10.4. The fourth-order valence-corrected chi connectivity index (χ4v) is 9.25. The van der Waals surface area contributed by atoms with Crippen molar-refractivity contribution < 1.29 is 19.3 Å². The van der Waals surface area contributed by atoms with Crippen LogP contribution >= 0.6 is 0 Å². The highest BCUT2D eigenvalue weighted by Gasteiger charge is 2.83. The lowest BCUT2D eigenvalue weighted by atomic mass is 9.57. The van der Waals surface area contributed by atoms with Gasteiger partial charge >= 0.3 is 0 Å². The summed E-state index contributed by atoms with van der Waals surface area (Å²) in [4.78, 5) is 0. The Kier molecular flexibility index (Phi) is 4.32. The quantitative estimate of drug-likeness (QED) is 0.273. The van der Waals surface area contributed by atoms with Gasteiger partial charge in [0.05, 0.1) is 5.92 Å². The van der Waals surface area contributed by atoms with E-state index in [1.165, 1.54) is 0 Å². The standard InChI is InChI=1S/C36H34O4/c1-20-13-15-26(37)24(17-20)36-32-34(6,31-23(4)10-8-12-29(31)40-36)38-27-16-14-21(2)18-25(27)35(32)19-33(36,5)30-22(3)9-7-11-28(30)39-35/h7-18,32,37H,19H2,1-6H3/t32-,33+,34+,35-,36-/m1/s1. The van der Waals surface area contributed by atoms with Gasteiger partial charge in [0.25, 0.3) is 0 Å². The molecule has 1 aliphatic carbocycles. The molecule has 1 saturated carbocycles. The maximum absolute atomic E-state index is 11.7. The summed E-state index contributed by atoms with van der Waals surface area (Å²) >= 11 is 0. The molecule has 4 aromatic rings. The van der Waals surface area contributed by atoms with Crippen molar-refractivity contribution >= 4 is 0 Å². The fourth-order valence-electron chi connectivity index (χ4n) is 9.25. The SMILES string of the molecule is Cc1ccc(O)c([C@]23Oc4cccc(C)c4[C@]4(C)Oc5ccc(C)cc5[C@]5(C[C@@]2(C)c2c(C)cccc2O5)[C@@H]43)c1. The Morgan fingerprint density at radius 1 is 0.675 bits per heavy atom. The number of aryl methyl sites for hydroxylation is 4. The number of hydrogen-bond donors (Lipinski definition) is 1. The van der Waals surface area contributed by atoms with Gasteiger partial charge in [0.1, 0.15) is 34.2 Å². The van der Waals surface area contributed by atoms with Crippen molar-refractivity contribution in [1.29, 1.82) is 0 Å². The van der Waals surface area contributed by atoms with Crippen LogP contribution in [0.5, 0.6) is 23.0 Å². The number of benzene rings is 4. The summed E-state index contributed by atoms with van der Waals surface area (Å²) in [6.45, 7) is 13.0. The molecule has 0 saturated heterocycles. The molecule has 1 fully saturated rings. The topological polar surface area (TPSA) is 47.9 Å². The van der Waals surface area contributed by atoms with Gasteiger partial charge in [0.15, 0.2) is 5.60 Å². The van der Waals surface area contributed by atoms with Crippen LogP contribution in [0.4, 0.5) is 0 Å². The molecule has 4 aliphatic rings. The van der Waals surface area contributed by atoms with E-state index in [1.807, 2.05) is 12.1 Å². The second-order valence-electron chi connectivity index (χ2n) is 12.9. The minimum absolute atomic E-state index is 0.234. The van der Waals surface area contributed by atoms with E-state index < -0.39 is 22.2 Å². The zero-order valence-electron chi connectivity index (χ0n) is 23.9. The van der Waals surface area contributed by atoms with E-state index in [4.69, 9.17) is 14.2 Å². The van der Waals surface area contributed by atoms with Gasteiger partial charge in [-0.25, -0.2) is 0 Å². The number of rotatable bonds is 1. The van der Waals surface area contributed by atoms with Gasteiger partial charge in [0, 0.05) is 34.1 Å². The number of aromatic hydroxyl groups is 1. The van der Waals surface area contributed by atoms with Crippen molar-refractivity contribution in [3.63, 3.8) is 0 Å². The van der Waals surface area contributed by atoms with E-state index >= 15 is 0 Å². The van der Waals surface area contributed by atoms with Crippen LogP contribution in [0.15, 0.2) is 72.8 Å². The Morgan fingerprint density at radius 3 is 2.02 bits per heavy atom. The van der Waals surface area contributed by atoms with Crippen LogP contribution in [-0.2, 0) is 22.2 Å². The average molecular weight is 531 g/mol. The summed E-state index contributed by atoms with van der Waals surface area (Å²) in [5.74, 6) is 2.46. The first-order valence-corrected chi connectivity index (χ1v) is 14.2. The van der Waals surface area contributed by atoms with E-state index in [2.05, 4.69) is 102 Å². The Morgan fingerprint density at radius 2 is 1.30 bits per heavy atom. The molecular formula is C36H34O4. The van der Waals surface area contributed by atoms with Gasteiger partial charge in [-0.15, -0.1) is 0 Å². The number of phenolic OH excluding ortho intramolecular Hbond substituents is 1. The highest BCUT2D eigenvalue weighted by molar-refractivity contribution is 5.65. The molecule has 1 N–H and O–H groups in total. The van der Waals surface area contributed by atoms with Gasteiger partial charge < -0.3 is 19.3 Å². The predicted molar refractivity (Wildman–Crippen MR) is 154 cm³/mol. The molecule has 3 heterocycles. The fraction of sp³-hybridized carbons (Fsp3) is 0.333. The molecule has 0 amide bonds. The lowest BCUT2D eigenvalue weighted by molar-refractivity contribution is -0.184. The molecule has 40 heavy (non-hydrogen) atoms. The molecule has 0 aromatic heterocycles. The summed E-state index contributed by atoms with van der Waals surface area (Å²) < 4.78 is 22.1. The Labute approximate surface area is 235 Å². The number of fused-ring (bicyclic) bond motifs is 7. The number of ether oxygens (including phenoxy) is 3. The van der Waals surface area contributed by atoms with Gasteiger partial charge in [-0.2, -0.15) is 0 Å². The maximum atomic E-state index is 11.7. The highest BCUT2D eigenvalue weighted by Crippen LogP contribution is 2.78. The van der Waals surface area contributed by atoms with Crippen LogP contribution in [0, 0.1) is 33.6 Å². The van der Waals surface area contributed by atoms with Crippen molar-refractivity contribution in [1.82, 2.24) is 0 Å². The zero-order valence-corrected chi connectivity index (χ0v) is 23.9. The zero-order chi connectivity index (χ0) is 27.8. The average Bonchev–Trinajstić information content (AvgIpc) is 3.08. The van der Waals surface area contributed by atoms with E-state index in [9.17, 15) is 5.11 Å². The molecule has 8 rings (SSSR count). The van der Waals surface area contributed by atoms with E-state index in [0.29, 0.717) is 6.42 Å². The van der Waals surface area contributed by atoms with E-state index in [0.717, 1.165) is 61.8 Å². The Bertz CT molecular complexity index is 1770. The maximum Gasteiger partial charge on any atom is 0.158 e. The monoisotopic (exact) mass is 530 g/mol. The largest absolute Gasteiger partial charge is 0.508 e. The molecule has 0 unspecified atom stereocenters. The molecule has 2 bridgehead atoms. The number of hydrogen-bond acceptors (Lipinski definition) is 4. The molecule has 1 spiro atoms. The lowest BCUT2D eigenvalue weighted by Gasteiger charge is -2.58. The Hall–Kier alpha value is -3.92. The highest BCUT2D eigenvalue weighted by atomic mass is 16.6. The predicted octanol–water partition coefficient (Wildman–Crippen LogP) is 7.79. The van der Waals surface area contributed by atoms with Crippen LogP contribution in [0.25, 0.3) is 0 Å². The second-order valence-corrected chi connectivity index (χ2v) is 12.9. The van der Waals surface area contributed by atoms with E-state index in [-0.39, 0.29) is 11.7 Å². The van der Waals surface area contributed by atoms with Crippen LogP contribution in [0.3, 0.4) is 0 Å². The molecule has 0 radical (unpaired) electrons. The first kappa shape index (κ1) is 23.9. The van der Waals surface area contributed by atoms with Crippen LogP contribution in [-0.4, -0.2) is 5.11 Å². The number of phenols is 1. The van der Waals surface area contributed by atoms with Gasteiger partial charge in [-0.3, -0.25) is 0 Å². The van der Waals surface area contributed by atoms with Gasteiger partial charge in [-0.1, -0.05) is 54.4 Å². The molecule has 3 aliphatic heterocycles. The smallest absolute Gasteiger partial charge is 0.158 e. The Balaban J connectivity index is 1.61. The van der Waals surface area contributed by atoms with Crippen molar-refractivity contribution in [3.05, 3.63) is 117 Å². The summed E-state index contributed by atoms with van der Waals surface area (Å²) in [5, 5.41) is 11.7. The minimum Gasteiger partial charge on any atom is -0.508 e. The van der Waals surface area contributed by atoms with Gasteiger partial charge in [0.2, 0.25) is 0 Å². The summed E-state index contributed by atoms with van der Waals surface area (Å²) in [7, 11) is 0. The summed E-state index contributed by atoms with van der Waals surface area (Å²) in [6.07, 6.45) is 0.693. The summed E-state index contributed by atoms with van der Waals surface area (Å²) in [5.41, 5.74) is 5.45. The van der Waals surface area contributed by atoms with Crippen molar-refractivity contribution in [2.45, 2.75) is 70.2 Å². The third kappa shape index (κ3) is 2.50. The van der Waals surface area contributed by atoms with Crippen LogP contribution in [0.1, 0.15) is 64.8 Å². The first-order chi connectivity index (χ1) is 19.0. The lowest BCUT2D eigenvalue weighted by Crippen LogP contribution is -2.64. The first-order valence-electron chi connectivity index (χ1n) is 14.2. The van der Waals surface area contributed by atoms with Crippen LogP contribution < -0.4 is 14.2 Å². The molecular weight excluding hydrogens is 496 g/mol. The minimum atomic E-state index is -0.989. The second kappa shape index (κ2) is 7.23. The molecule has 4 nitrogen and oxygen atoms in total. The molecule has 4 heteroatoms. The normalized spacial score (nSPS) is 32.0. The van der Waals surface area contributed by atoms with Gasteiger partial charge in [-0.05, 0) is 82.1 Å². The van der Waals surface area contributed by atoms with Crippen molar-refractivity contribution in [2.75, 3.05) is 0 Å². The third-order valence-electron chi connectivity index (χ3n) is 10.4. The molecule has 5 atom stereocenters. The van der Waals surface area contributed by atoms with Crippen molar-refractivity contribution in [2.24, 2.45) is 5.92 Å². The van der Waals surface area contributed by atoms with Crippen LogP contribution in [0.2, 0.25) is 0 Å². The molecule has 4 aromatic carbocycles. The molecule has 202 valence electrons. The summed E-state index contributed by atoms with van der Waals surface area (Å²) in [6, 6.07) is 24.9. The van der Waals surface area contributed by atoms with E-state index in [1.54, 1.807) is 0 Å². The van der Waals surface area contributed by atoms with Crippen molar-refractivity contribution in [3.8, 4) is 23.0 Å².